The van der Waals surface area contributed by atoms with Gasteiger partial charge in [-0.3, -0.25) is 4.79 Å². The molecule has 6 nitrogen and oxygen atoms in total. The summed E-state index contributed by atoms with van der Waals surface area (Å²) in [6.07, 6.45) is -11.7. The predicted octanol–water partition coefficient (Wildman–Crippen LogP) is 5.77. The fraction of sp³-hybridized carbons (Fsp3) is 0.545. The largest absolute Gasteiger partial charge is 0.430 e. The number of carbonyl (C=O) groups is 1. The number of halogens is 8. The molecule has 0 aliphatic carbocycles. The third-order valence-corrected chi connectivity index (χ3v) is 7.12. The maximum absolute atomic E-state index is 13.4. The zero-order valence-corrected chi connectivity index (χ0v) is 22.4. The van der Waals surface area contributed by atoms with Gasteiger partial charge in [-0.05, 0) is 20.3 Å². The summed E-state index contributed by atoms with van der Waals surface area (Å²) in [6.45, 7) is 5.56. The number of hydrogen-bond donors (Lipinski definition) is 3. The molecule has 208 valence electrons. The second-order valence-corrected chi connectivity index (χ2v) is 10.8. The van der Waals surface area contributed by atoms with Gasteiger partial charge in [-0.15, -0.1) is 11.3 Å². The van der Waals surface area contributed by atoms with Gasteiger partial charge in [0.05, 0.1) is 20.5 Å². The van der Waals surface area contributed by atoms with Crippen LogP contribution in [0.3, 0.4) is 0 Å². The molecule has 15 heteroatoms. The molecule has 1 amide bonds. The third-order valence-electron chi connectivity index (χ3n) is 5.15. The monoisotopic (exact) mass is 595 g/mol. The SMILES string of the molecule is CCCN(C)C(=O)c1nc(CNCC(C)(C)O)sc1-c1ccc(C(O)(C(F)(F)F)C(F)(F)F)c(Cl)c1Cl. The number of nitrogens with zero attached hydrogens (tertiary/aromatic N) is 2. The van der Waals surface area contributed by atoms with Crippen molar-refractivity contribution in [2.45, 2.75) is 57.3 Å². The second-order valence-electron chi connectivity index (χ2n) is 8.92. The zero-order valence-electron chi connectivity index (χ0n) is 20.1. The Labute approximate surface area is 223 Å². The van der Waals surface area contributed by atoms with Gasteiger partial charge in [0.1, 0.15) is 10.7 Å². The van der Waals surface area contributed by atoms with E-state index >= 15 is 0 Å². The fourth-order valence-corrected chi connectivity index (χ4v) is 5.00. The van der Waals surface area contributed by atoms with E-state index in [0.29, 0.717) is 24.0 Å². The van der Waals surface area contributed by atoms with Gasteiger partial charge in [-0.1, -0.05) is 42.3 Å². The summed E-state index contributed by atoms with van der Waals surface area (Å²) in [4.78, 5) is 18.8. The Bertz CT molecular complexity index is 1120. The molecule has 0 aliphatic heterocycles. The minimum Gasteiger partial charge on any atom is -0.389 e. The highest BCUT2D eigenvalue weighted by atomic mass is 35.5. The van der Waals surface area contributed by atoms with Crippen molar-refractivity contribution in [2.75, 3.05) is 20.1 Å². The average Bonchev–Trinajstić information content (AvgIpc) is 3.15. The quantitative estimate of drug-likeness (QED) is 0.320. The highest BCUT2D eigenvalue weighted by Gasteiger charge is 2.72. The number of rotatable bonds is 9. The summed E-state index contributed by atoms with van der Waals surface area (Å²) in [5, 5.41) is 21.0. The Morgan fingerprint density at radius 3 is 2.14 bits per heavy atom. The van der Waals surface area contributed by atoms with Gasteiger partial charge in [0.25, 0.3) is 11.5 Å². The molecule has 0 spiro atoms. The lowest BCUT2D eigenvalue weighted by molar-refractivity contribution is -0.376. The minimum atomic E-state index is -6.16. The van der Waals surface area contributed by atoms with Gasteiger partial charge in [0, 0.05) is 37.8 Å². The Balaban J connectivity index is 2.67. The van der Waals surface area contributed by atoms with Crippen LogP contribution < -0.4 is 5.32 Å². The molecule has 2 rings (SSSR count). The van der Waals surface area contributed by atoms with Crippen LogP contribution >= 0.6 is 34.5 Å². The van der Waals surface area contributed by atoms with Crippen molar-refractivity contribution in [3.8, 4) is 10.4 Å². The molecule has 0 bridgehead atoms. The standard InChI is InChI=1S/C22H25Cl2F6N3O3S/c1-5-8-33(4)18(34)16-17(37-13(32-16)9-31-10-19(2,3)35)11-6-7-12(15(24)14(11)23)20(36,21(25,26)27)22(28,29)30/h6-7,31,35-36H,5,8-10H2,1-4H3. The van der Waals surface area contributed by atoms with E-state index in [9.17, 15) is 41.4 Å². The summed E-state index contributed by atoms with van der Waals surface area (Å²) in [6, 6.07) is 1.20. The molecule has 3 N–H and O–H groups in total. The van der Waals surface area contributed by atoms with Crippen molar-refractivity contribution >= 4 is 40.4 Å². The molecule has 0 saturated carbocycles. The van der Waals surface area contributed by atoms with E-state index in [4.69, 9.17) is 23.2 Å². The lowest BCUT2D eigenvalue weighted by Crippen LogP contribution is -2.54. The molecule has 2 aromatic rings. The summed E-state index contributed by atoms with van der Waals surface area (Å²) < 4.78 is 80.4. The van der Waals surface area contributed by atoms with Crippen LogP contribution in [0.2, 0.25) is 10.0 Å². The van der Waals surface area contributed by atoms with Crippen molar-refractivity contribution in [3.05, 3.63) is 38.4 Å². The second kappa shape index (κ2) is 11.2. The Morgan fingerprint density at radius 2 is 1.65 bits per heavy atom. The van der Waals surface area contributed by atoms with Crippen LogP contribution in [-0.4, -0.2) is 64.1 Å². The average molecular weight is 596 g/mol. The molecule has 0 unspecified atom stereocenters. The van der Waals surface area contributed by atoms with Crippen molar-refractivity contribution in [1.82, 2.24) is 15.2 Å². The van der Waals surface area contributed by atoms with E-state index in [1.807, 2.05) is 6.92 Å². The van der Waals surface area contributed by atoms with E-state index in [1.165, 1.54) is 11.9 Å². The third kappa shape index (κ3) is 6.69. The fourth-order valence-electron chi connectivity index (χ4n) is 3.33. The van der Waals surface area contributed by atoms with Crippen LogP contribution in [0.1, 0.15) is 48.3 Å². The molecular formula is C22H25Cl2F6N3O3S. The predicted molar refractivity (Wildman–Crippen MR) is 129 cm³/mol. The number of aromatic nitrogens is 1. The topological polar surface area (TPSA) is 85.7 Å². The van der Waals surface area contributed by atoms with Crippen LogP contribution in [0.4, 0.5) is 26.3 Å². The van der Waals surface area contributed by atoms with Gasteiger partial charge in [0.2, 0.25) is 0 Å². The number of hydrogen-bond acceptors (Lipinski definition) is 6. The number of carbonyl (C=O) groups excluding carboxylic acids is 1. The molecular weight excluding hydrogens is 571 g/mol. The van der Waals surface area contributed by atoms with Crippen molar-refractivity contribution in [3.63, 3.8) is 0 Å². The molecule has 0 fully saturated rings. The molecule has 0 radical (unpaired) electrons. The van der Waals surface area contributed by atoms with Crippen molar-refractivity contribution in [2.24, 2.45) is 0 Å². The first-order valence-corrected chi connectivity index (χ1v) is 12.4. The van der Waals surface area contributed by atoms with Crippen LogP contribution in [0, 0.1) is 0 Å². The Hall–Kier alpha value is -1.64. The lowest BCUT2D eigenvalue weighted by atomic mass is 9.91. The first-order valence-electron chi connectivity index (χ1n) is 10.8. The van der Waals surface area contributed by atoms with Gasteiger partial charge < -0.3 is 20.4 Å². The summed E-state index contributed by atoms with van der Waals surface area (Å²) in [5.41, 5.74) is -8.30. The van der Waals surface area contributed by atoms with Crippen LogP contribution in [0.5, 0.6) is 0 Å². The van der Waals surface area contributed by atoms with Gasteiger partial charge in [-0.2, -0.15) is 26.3 Å². The minimum absolute atomic E-state index is 0.0639. The number of amides is 1. The van der Waals surface area contributed by atoms with Gasteiger partial charge in [0.15, 0.2) is 0 Å². The van der Waals surface area contributed by atoms with Crippen molar-refractivity contribution in [1.29, 1.82) is 0 Å². The number of benzene rings is 1. The zero-order chi connectivity index (χ0) is 28.6. The molecule has 1 aromatic carbocycles. The maximum Gasteiger partial charge on any atom is 0.430 e. The molecule has 0 saturated heterocycles. The number of aliphatic hydroxyl groups is 2. The maximum atomic E-state index is 13.4. The smallest absolute Gasteiger partial charge is 0.389 e. The molecule has 1 aromatic heterocycles. The van der Waals surface area contributed by atoms with Gasteiger partial charge >= 0.3 is 12.4 Å². The normalized spacial score (nSPS) is 13.2. The first-order chi connectivity index (χ1) is 16.8. The van der Waals surface area contributed by atoms with E-state index in [2.05, 4.69) is 10.3 Å². The summed E-state index contributed by atoms with van der Waals surface area (Å²) in [7, 11) is 1.51. The van der Waals surface area contributed by atoms with Gasteiger partial charge in [-0.25, -0.2) is 4.98 Å². The number of nitrogens with one attached hydrogen (secondary N) is 1. The van der Waals surface area contributed by atoms with E-state index < -0.39 is 45.1 Å². The lowest BCUT2D eigenvalue weighted by Gasteiger charge is -2.33. The Kier molecular flexibility index (Phi) is 9.58. The molecule has 0 aliphatic rings. The van der Waals surface area contributed by atoms with E-state index in [-0.39, 0.29) is 29.2 Å². The number of alkyl halides is 6. The highest BCUT2D eigenvalue weighted by molar-refractivity contribution is 7.15. The van der Waals surface area contributed by atoms with Crippen LogP contribution in [-0.2, 0) is 12.1 Å². The number of thiazole rings is 1. The molecule has 0 atom stereocenters. The molecule has 37 heavy (non-hydrogen) atoms. The van der Waals surface area contributed by atoms with E-state index in [0.717, 1.165) is 17.4 Å². The van der Waals surface area contributed by atoms with E-state index in [1.54, 1.807) is 13.8 Å². The Morgan fingerprint density at radius 1 is 1.08 bits per heavy atom. The van der Waals surface area contributed by atoms with Crippen LogP contribution in [0.25, 0.3) is 10.4 Å². The highest BCUT2D eigenvalue weighted by Crippen LogP contribution is 2.54. The summed E-state index contributed by atoms with van der Waals surface area (Å²) >= 11 is 13.0. The first kappa shape index (κ1) is 31.6. The summed E-state index contributed by atoms with van der Waals surface area (Å²) in [5.74, 6) is -0.555. The molecule has 1 heterocycles. The van der Waals surface area contributed by atoms with Crippen molar-refractivity contribution < 1.29 is 41.4 Å². The van der Waals surface area contributed by atoms with Crippen LogP contribution in [0.15, 0.2) is 12.1 Å².